The maximum absolute atomic E-state index is 6.18. The first kappa shape index (κ1) is 11.8. The zero-order valence-corrected chi connectivity index (χ0v) is 10.9. The highest BCUT2D eigenvalue weighted by atomic mass is 35.5. The molecule has 3 rings (SSSR count). The van der Waals surface area contributed by atoms with E-state index in [0.717, 1.165) is 16.9 Å². The molecule has 2 N–H and O–H groups in total. The largest absolute Gasteiger partial charge is 0.384 e. The molecule has 0 spiro atoms. The average Bonchev–Trinajstić information content (AvgIpc) is 2.82. The van der Waals surface area contributed by atoms with Crippen molar-refractivity contribution in [1.82, 2.24) is 9.78 Å². The van der Waals surface area contributed by atoms with E-state index in [1.807, 2.05) is 60.7 Å². The fourth-order valence-corrected chi connectivity index (χ4v) is 2.20. The van der Waals surface area contributed by atoms with Crippen LogP contribution in [0.3, 0.4) is 0 Å². The number of halogens is 1. The number of para-hydroxylation sites is 1. The molecule has 0 amide bonds. The molecule has 0 radical (unpaired) electrons. The first-order chi connectivity index (χ1) is 9.25. The van der Waals surface area contributed by atoms with Crippen molar-refractivity contribution in [3.63, 3.8) is 0 Å². The van der Waals surface area contributed by atoms with E-state index >= 15 is 0 Å². The van der Waals surface area contributed by atoms with Crippen LogP contribution in [0.2, 0.25) is 5.02 Å². The molecule has 0 fully saturated rings. The van der Waals surface area contributed by atoms with E-state index in [-0.39, 0.29) is 0 Å². The lowest BCUT2D eigenvalue weighted by molar-refractivity contribution is 0.895. The van der Waals surface area contributed by atoms with Gasteiger partial charge in [-0.1, -0.05) is 48.0 Å². The van der Waals surface area contributed by atoms with E-state index in [4.69, 9.17) is 17.3 Å². The third-order valence-corrected chi connectivity index (χ3v) is 3.22. The van der Waals surface area contributed by atoms with Gasteiger partial charge in [-0.15, -0.1) is 0 Å². The smallest absolute Gasteiger partial charge is 0.127 e. The van der Waals surface area contributed by atoms with Crippen LogP contribution in [0.15, 0.2) is 60.7 Å². The molecule has 2 aromatic carbocycles. The van der Waals surface area contributed by atoms with Gasteiger partial charge in [0.15, 0.2) is 0 Å². The van der Waals surface area contributed by atoms with Gasteiger partial charge in [-0.05, 0) is 18.2 Å². The quantitative estimate of drug-likeness (QED) is 0.769. The molecule has 0 aliphatic carbocycles. The average molecular weight is 270 g/mol. The van der Waals surface area contributed by atoms with Crippen LogP contribution in [0.4, 0.5) is 5.82 Å². The van der Waals surface area contributed by atoms with Crippen LogP contribution < -0.4 is 5.73 Å². The van der Waals surface area contributed by atoms with Gasteiger partial charge in [0.25, 0.3) is 0 Å². The van der Waals surface area contributed by atoms with Crippen LogP contribution in [0, 0.1) is 0 Å². The molecule has 94 valence electrons. The summed E-state index contributed by atoms with van der Waals surface area (Å²) in [7, 11) is 0. The molecule has 0 aliphatic heterocycles. The van der Waals surface area contributed by atoms with Gasteiger partial charge in [0.2, 0.25) is 0 Å². The highest BCUT2D eigenvalue weighted by Crippen LogP contribution is 2.28. The Morgan fingerprint density at radius 3 is 2.37 bits per heavy atom. The molecule has 0 saturated heterocycles. The Balaban J connectivity index is 2.10. The van der Waals surface area contributed by atoms with Gasteiger partial charge in [-0.3, -0.25) is 0 Å². The van der Waals surface area contributed by atoms with Crippen LogP contribution in [-0.2, 0) is 0 Å². The summed E-state index contributed by atoms with van der Waals surface area (Å²) >= 11 is 6.18. The number of anilines is 1. The molecule has 19 heavy (non-hydrogen) atoms. The minimum absolute atomic E-state index is 0.584. The molecule has 0 bridgehead atoms. The Labute approximate surface area is 116 Å². The maximum atomic E-state index is 6.18. The first-order valence-electron chi connectivity index (χ1n) is 5.91. The summed E-state index contributed by atoms with van der Waals surface area (Å²) in [6, 6.07) is 19.2. The highest BCUT2D eigenvalue weighted by Gasteiger charge is 2.10. The second-order valence-electron chi connectivity index (χ2n) is 4.18. The molecule has 1 aromatic heterocycles. The molecule has 4 heteroatoms. The Bertz CT molecular complexity index is 704. The van der Waals surface area contributed by atoms with E-state index in [2.05, 4.69) is 5.10 Å². The molecule has 0 saturated carbocycles. The van der Waals surface area contributed by atoms with E-state index in [1.54, 1.807) is 4.68 Å². The summed E-state index contributed by atoms with van der Waals surface area (Å²) in [5, 5.41) is 5.19. The standard InChI is InChI=1S/C15H12ClN3/c16-13-9-5-4-8-12(13)14-10-15(17)19(18-14)11-6-2-1-3-7-11/h1-10H,17H2. The first-order valence-corrected chi connectivity index (χ1v) is 6.29. The summed E-state index contributed by atoms with van der Waals surface area (Å²) < 4.78 is 1.71. The third-order valence-electron chi connectivity index (χ3n) is 2.89. The predicted octanol–water partition coefficient (Wildman–Crippen LogP) is 3.77. The van der Waals surface area contributed by atoms with Gasteiger partial charge in [0.05, 0.1) is 16.4 Å². The topological polar surface area (TPSA) is 43.8 Å². The van der Waals surface area contributed by atoms with Gasteiger partial charge in [-0.25, -0.2) is 4.68 Å². The molecule has 3 aromatic rings. The van der Waals surface area contributed by atoms with Crippen molar-refractivity contribution in [3.8, 4) is 16.9 Å². The monoisotopic (exact) mass is 269 g/mol. The molecule has 3 nitrogen and oxygen atoms in total. The molecule has 0 unspecified atom stereocenters. The second kappa shape index (κ2) is 4.78. The van der Waals surface area contributed by atoms with Crippen molar-refractivity contribution in [1.29, 1.82) is 0 Å². The van der Waals surface area contributed by atoms with Crippen molar-refractivity contribution in [2.45, 2.75) is 0 Å². The Kier molecular flexibility index (Phi) is 2.97. The van der Waals surface area contributed by atoms with E-state index in [1.165, 1.54) is 0 Å². The van der Waals surface area contributed by atoms with Crippen LogP contribution in [0.5, 0.6) is 0 Å². The maximum Gasteiger partial charge on any atom is 0.127 e. The lowest BCUT2D eigenvalue weighted by Gasteiger charge is -2.03. The van der Waals surface area contributed by atoms with Crippen molar-refractivity contribution in [3.05, 3.63) is 65.7 Å². The lowest BCUT2D eigenvalue weighted by atomic mass is 10.1. The highest BCUT2D eigenvalue weighted by molar-refractivity contribution is 6.33. The van der Waals surface area contributed by atoms with Gasteiger partial charge < -0.3 is 5.73 Å². The number of nitrogens with zero attached hydrogens (tertiary/aromatic N) is 2. The van der Waals surface area contributed by atoms with Crippen LogP contribution in [0.25, 0.3) is 16.9 Å². The fourth-order valence-electron chi connectivity index (χ4n) is 1.97. The number of hydrogen-bond donors (Lipinski definition) is 1. The summed E-state index contributed by atoms with van der Waals surface area (Å²) in [5.41, 5.74) is 8.60. The fraction of sp³-hybridized carbons (Fsp3) is 0. The van der Waals surface area contributed by atoms with Crippen molar-refractivity contribution in [2.24, 2.45) is 0 Å². The van der Waals surface area contributed by atoms with Crippen LogP contribution in [0.1, 0.15) is 0 Å². The van der Waals surface area contributed by atoms with Crippen molar-refractivity contribution < 1.29 is 0 Å². The number of hydrogen-bond acceptors (Lipinski definition) is 2. The molecular formula is C15H12ClN3. The van der Waals surface area contributed by atoms with E-state index in [0.29, 0.717) is 10.8 Å². The van der Waals surface area contributed by atoms with E-state index in [9.17, 15) is 0 Å². The van der Waals surface area contributed by atoms with Crippen molar-refractivity contribution in [2.75, 3.05) is 5.73 Å². The molecule has 0 aliphatic rings. The molecule has 1 heterocycles. The summed E-state index contributed by atoms with van der Waals surface area (Å²) in [4.78, 5) is 0. The summed E-state index contributed by atoms with van der Waals surface area (Å²) in [6.07, 6.45) is 0. The Hall–Kier alpha value is -2.26. The minimum atomic E-state index is 0.584. The van der Waals surface area contributed by atoms with Crippen LogP contribution >= 0.6 is 11.6 Å². The Morgan fingerprint density at radius 1 is 0.947 bits per heavy atom. The zero-order chi connectivity index (χ0) is 13.2. The van der Waals surface area contributed by atoms with Gasteiger partial charge in [0, 0.05) is 11.6 Å². The van der Waals surface area contributed by atoms with E-state index < -0.39 is 0 Å². The third kappa shape index (κ3) is 2.20. The summed E-state index contributed by atoms with van der Waals surface area (Å²) in [6.45, 7) is 0. The Morgan fingerprint density at radius 2 is 1.63 bits per heavy atom. The van der Waals surface area contributed by atoms with Gasteiger partial charge in [0.1, 0.15) is 5.82 Å². The predicted molar refractivity (Wildman–Crippen MR) is 78.4 cm³/mol. The van der Waals surface area contributed by atoms with Gasteiger partial charge >= 0.3 is 0 Å². The number of benzene rings is 2. The summed E-state index contributed by atoms with van der Waals surface area (Å²) in [5.74, 6) is 0.584. The number of aromatic nitrogens is 2. The second-order valence-corrected chi connectivity index (χ2v) is 4.59. The lowest BCUT2D eigenvalue weighted by Crippen LogP contribution is -2.01. The van der Waals surface area contributed by atoms with Crippen molar-refractivity contribution >= 4 is 17.4 Å². The molecular weight excluding hydrogens is 258 g/mol. The minimum Gasteiger partial charge on any atom is -0.384 e. The number of nitrogens with two attached hydrogens (primary N) is 1. The van der Waals surface area contributed by atoms with Crippen LogP contribution in [-0.4, -0.2) is 9.78 Å². The zero-order valence-electron chi connectivity index (χ0n) is 10.1. The number of rotatable bonds is 2. The van der Waals surface area contributed by atoms with Gasteiger partial charge in [-0.2, -0.15) is 5.10 Å². The SMILES string of the molecule is Nc1cc(-c2ccccc2Cl)nn1-c1ccccc1. The number of nitrogen functional groups attached to an aromatic ring is 1. The molecule has 0 atom stereocenters. The normalized spacial score (nSPS) is 10.6.